The Kier molecular flexibility index (Phi) is 4.80. The van der Waals surface area contributed by atoms with Gasteiger partial charge in [0, 0.05) is 18.4 Å². The molecule has 1 fully saturated rings. The third-order valence-corrected chi connectivity index (χ3v) is 3.86. The van der Waals surface area contributed by atoms with Crippen LogP contribution < -0.4 is 4.74 Å². The van der Waals surface area contributed by atoms with E-state index in [4.69, 9.17) is 4.74 Å². The number of ether oxygens (including phenoxy) is 1. The first-order valence-electron chi connectivity index (χ1n) is 6.84. The van der Waals surface area contributed by atoms with Gasteiger partial charge in [-0.25, -0.2) is 9.97 Å². The van der Waals surface area contributed by atoms with Crippen LogP contribution in [-0.2, 0) is 11.2 Å². The Morgan fingerprint density at radius 2 is 2.14 bits per heavy atom. The Hall–Kier alpha value is -1.66. The Morgan fingerprint density at radius 1 is 1.38 bits per heavy atom. The smallest absolute Gasteiger partial charge is 0.391 e. The third-order valence-electron chi connectivity index (χ3n) is 3.86. The molecule has 1 aliphatic rings. The maximum atomic E-state index is 12.8. The van der Waals surface area contributed by atoms with Crippen molar-refractivity contribution in [3.63, 3.8) is 0 Å². The van der Waals surface area contributed by atoms with E-state index in [0.717, 1.165) is 0 Å². The molecule has 0 bridgehead atoms. The van der Waals surface area contributed by atoms with Crippen LogP contribution in [0.3, 0.4) is 0 Å². The molecule has 0 aliphatic heterocycles. The van der Waals surface area contributed by atoms with E-state index in [1.807, 2.05) is 0 Å². The summed E-state index contributed by atoms with van der Waals surface area (Å²) >= 11 is 0. The summed E-state index contributed by atoms with van der Waals surface area (Å²) < 4.78 is 43.2. The molecule has 2 atom stereocenters. The Bertz CT molecular complexity index is 505. The average molecular weight is 302 g/mol. The van der Waals surface area contributed by atoms with Crippen LogP contribution in [0.1, 0.15) is 31.4 Å². The minimum absolute atomic E-state index is 0.0219. The number of carbonyl (C=O) groups is 1. The lowest BCUT2D eigenvalue weighted by molar-refractivity contribution is -0.186. The number of aromatic nitrogens is 2. The first-order chi connectivity index (χ1) is 9.90. The van der Waals surface area contributed by atoms with E-state index >= 15 is 0 Å². The van der Waals surface area contributed by atoms with Gasteiger partial charge in [-0.3, -0.25) is 4.79 Å². The maximum Gasteiger partial charge on any atom is 0.391 e. The van der Waals surface area contributed by atoms with Gasteiger partial charge in [0.25, 0.3) is 0 Å². The summed E-state index contributed by atoms with van der Waals surface area (Å²) in [6.45, 7) is 0. The minimum atomic E-state index is -4.21. The Balaban J connectivity index is 1.99. The molecule has 1 aliphatic carbocycles. The van der Waals surface area contributed by atoms with Crippen molar-refractivity contribution in [3.05, 3.63) is 18.1 Å². The molecule has 0 amide bonds. The monoisotopic (exact) mass is 302 g/mol. The van der Waals surface area contributed by atoms with E-state index in [1.165, 1.54) is 19.5 Å². The Morgan fingerprint density at radius 3 is 2.81 bits per heavy atom. The summed E-state index contributed by atoms with van der Waals surface area (Å²) in [6, 6.07) is 1.53. The standard InChI is InChI=1S/C14H17F3N2O2/c1-21-13-7-11(18-8-19-13)6-12(20)9-3-2-4-10(5-9)14(15,16)17/h7-10H,2-6H2,1H3. The SMILES string of the molecule is COc1cc(CC(=O)C2CCCC(C(F)(F)F)C2)ncn1. The normalized spacial score (nSPS) is 22.9. The number of alkyl halides is 3. The molecule has 116 valence electrons. The number of ketones is 1. The summed E-state index contributed by atoms with van der Waals surface area (Å²) in [4.78, 5) is 20.0. The molecule has 0 saturated heterocycles. The number of halogens is 3. The highest BCUT2D eigenvalue weighted by molar-refractivity contribution is 5.83. The number of rotatable bonds is 4. The number of hydrogen-bond donors (Lipinski definition) is 0. The van der Waals surface area contributed by atoms with E-state index in [0.29, 0.717) is 24.4 Å². The molecule has 0 aromatic carbocycles. The van der Waals surface area contributed by atoms with Crippen LogP contribution in [0.15, 0.2) is 12.4 Å². The Labute approximate surface area is 120 Å². The zero-order valence-electron chi connectivity index (χ0n) is 11.7. The number of carbonyl (C=O) groups excluding carboxylic acids is 1. The summed E-state index contributed by atoms with van der Waals surface area (Å²) in [5, 5.41) is 0. The molecule has 0 spiro atoms. The van der Waals surface area contributed by atoms with Gasteiger partial charge in [0.05, 0.1) is 18.7 Å². The fraction of sp³-hybridized carbons (Fsp3) is 0.643. The van der Waals surface area contributed by atoms with Crippen molar-refractivity contribution >= 4 is 5.78 Å². The van der Waals surface area contributed by atoms with Crippen LogP contribution in [-0.4, -0.2) is 29.0 Å². The van der Waals surface area contributed by atoms with Crippen LogP contribution in [0.25, 0.3) is 0 Å². The molecular weight excluding hydrogens is 285 g/mol. The van der Waals surface area contributed by atoms with Gasteiger partial charge >= 0.3 is 6.18 Å². The summed E-state index contributed by atoms with van der Waals surface area (Å²) in [6.07, 6.45) is -1.94. The van der Waals surface area contributed by atoms with Gasteiger partial charge in [-0.15, -0.1) is 0 Å². The first kappa shape index (κ1) is 15.7. The molecule has 2 unspecified atom stereocenters. The fourth-order valence-electron chi connectivity index (χ4n) is 2.69. The quantitative estimate of drug-likeness (QED) is 0.858. The number of methoxy groups -OCH3 is 1. The highest BCUT2D eigenvalue weighted by Crippen LogP contribution is 2.40. The first-order valence-corrected chi connectivity index (χ1v) is 6.84. The van der Waals surface area contributed by atoms with E-state index < -0.39 is 18.0 Å². The molecule has 2 rings (SSSR count). The lowest BCUT2D eigenvalue weighted by Crippen LogP contribution is -2.32. The van der Waals surface area contributed by atoms with Crippen molar-refractivity contribution < 1.29 is 22.7 Å². The van der Waals surface area contributed by atoms with Crippen molar-refractivity contribution in [1.29, 1.82) is 0 Å². The zero-order chi connectivity index (χ0) is 15.5. The minimum Gasteiger partial charge on any atom is -0.481 e. The second kappa shape index (κ2) is 6.41. The van der Waals surface area contributed by atoms with Gasteiger partial charge in [-0.1, -0.05) is 6.42 Å². The molecule has 1 aromatic heterocycles. The van der Waals surface area contributed by atoms with E-state index in [-0.39, 0.29) is 25.0 Å². The summed E-state index contributed by atoms with van der Waals surface area (Å²) in [5.41, 5.74) is 0.473. The van der Waals surface area contributed by atoms with Crippen molar-refractivity contribution in [2.45, 2.75) is 38.3 Å². The van der Waals surface area contributed by atoms with Crippen LogP contribution in [0.5, 0.6) is 5.88 Å². The number of Topliss-reactive ketones (excluding diaryl/α,β-unsaturated/α-hetero) is 1. The van der Waals surface area contributed by atoms with E-state index in [1.54, 1.807) is 0 Å². The average Bonchev–Trinajstić information content (AvgIpc) is 2.46. The number of hydrogen-bond acceptors (Lipinski definition) is 4. The van der Waals surface area contributed by atoms with Gasteiger partial charge in [0.15, 0.2) is 0 Å². The van der Waals surface area contributed by atoms with Crippen LogP contribution in [0.2, 0.25) is 0 Å². The number of nitrogens with zero attached hydrogens (tertiary/aromatic N) is 2. The lowest BCUT2D eigenvalue weighted by atomic mass is 9.78. The van der Waals surface area contributed by atoms with Crippen LogP contribution >= 0.6 is 0 Å². The van der Waals surface area contributed by atoms with Crippen molar-refractivity contribution in [2.24, 2.45) is 11.8 Å². The lowest BCUT2D eigenvalue weighted by Gasteiger charge is -2.29. The summed E-state index contributed by atoms with van der Waals surface area (Å²) in [5.74, 6) is -1.75. The second-order valence-corrected chi connectivity index (χ2v) is 5.30. The molecule has 1 aromatic rings. The molecule has 1 heterocycles. The molecule has 0 N–H and O–H groups in total. The molecule has 0 radical (unpaired) electrons. The maximum absolute atomic E-state index is 12.8. The summed E-state index contributed by atoms with van der Waals surface area (Å²) in [7, 11) is 1.45. The highest BCUT2D eigenvalue weighted by atomic mass is 19.4. The van der Waals surface area contributed by atoms with Gasteiger partial charge in [-0.2, -0.15) is 13.2 Å². The van der Waals surface area contributed by atoms with E-state index in [9.17, 15) is 18.0 Å². The molecule has 21 heavy (non-hydrogen) atoms. The van der Waals surface area contributed by atoms with E-state index in [2.05, 4.69) is 9.97 Å². The van der Waals surface area contributed by atoms with Gasteiger partial charge in [0.2, 0.25) is 5.88 Å². The van der Waals surface area contributed by atoms with Gasteiger partial charge < -0.3 is 4.74 Å². The highest BCUT2D eigenvalue weighted by Gasteiger charge is 2.43. The predicted octanol–water partition coefficient (Wildman–Crippen LogP) is 2.97. The largest absolute Gasteiger partial charge is 0.481 e. The second-order valence-electron chi connectivity index (χ2n) is 5.30. The zero-order valence-corrected chi connectivity index (χ0v) is 11.7. The molecule has 4 nitrogen and oxygen atoms in total. The van der Waals surface area contributed by atoms with Gasteiger partial charge in [0.1, 0.15) is 12.1 Å². The van der Waals surface area contributed by atoms with Crippen molar-refractivity contribution in [1.82, 2.24) is 9.97 Å². The topological polar surface area (TPSA) is 52.1 Å². The third kappa shape index (κ3) is 4.15. The fourth-order valence-corrected chi connectivity index (χ4v) is 2.69. The molecular formula is C14H17F3N2O2. The predicted molar refractivity (Wildman–Crippen MR) is 68.8 cm³/mol. The van der Waals surface area contributed by atoms with Gasteiger partial charge in [-0.05, 0) is 19.3 Å². The van der Waals surface area contributed by atoms with Crippen LogP contribution in [0, 0.1) is 11.8 Å². The van der Waals surface area contributed by atoms with Crippen LogP contribution in [0.4, 0.5) is 13.2 Å². The van der Waals surface area contributed by atoms with Crippen molar-refractivity contribution in [3.8, 4) is 5.88 Å². The molecule has 7 heteroatoms. The van der Waals surface area contributed by atoms with Crippen molar-refractivity contribution in [2.75, 3.05) is 7.11 Å². The molecule has 1 saturated carbocycles.